The summed E-state index contributed by atoms with van der Waals surface area (Å²) < 4.78 is 119. The normalized spacial score (nSPS) is 20.4. The molecular formula is C64H86N11O21P3S+2. The molecular weight excluding hydrogens is 1380 g/mol. The number of pyridine rings is 1. The van der Waals surface area contributed by atoms with Crippen LogP contribution in [0.1, 0.15) is 109 Å². The van der Waals surface area contributed by atoms with E-state index in [0.29, 0.717) is 26.1 Å². The number of nitrogen functional groups attached to an aromatic ring is 1. The molecule has 32 nitrogen and oxygen atoms in total. The Morgan fingerprint density at radius 2 is 1.69 bits per heavy atom. The lowest BCUT2D eigenvalue weighted by atomic mass is 9.80. The number of benzene rings is 1. The number of ether oxygens (including phenoxy) is 6. The van der Waals surface area contributed by atoms with Crippen molar-refractivity contribution in [3.63, 3.8) is 0 Å². The Morgan fingerprint density at radius 1 is 0.930 bits per heavy atom. The Hall–Kier alpha value is -7.67. The Kier molecular flexibility index (Phi) is 28.9. The standard InChI is InChI=1S/C64H84N11O21P3S/c1-7-8-29-73-42-48(100(85,86)87)38-50-61(73)72(6)54(64(50,4)5)22-11-9-12-23-55-63(2,3)49-20-14-15-21-51(49)74(55)30-16-10-13-24-56(76)68-28-33-89-35-34-88-32-25-46(40-66)43-90-36-37-92-62(77)69-27-17-19-47-41-75(60-58(47)59(67)70-45-71-60)57-39-52(91-31-18-26-65)53(94-57)44-93-98(81,82)96-99(83,84)95-97(78,79)80/h9,11-12,14-15,18,20-23,31,38,41-43,45,52-53,55,57H,7-8,10,13,16,24-25,27-30,32-37,39,44H2,1-6H3,(H8-,67,68,69,70,71,76,77,78,79,80,81,82,83,84,85,86,87)/p+2/b11-9+,23-12+,31-18+,46-43-,54-22+/t52-,53-,55?,57-/m1/s1. The molecule has 4 unspecified atom stereocenters. The molecule has 0 saturated carbocycles. The number of nitrogens with two attached hydrogens (primary N) is 1. The van der Waals surface area contributed by atoms with Crippen molar-refractivity contribution in [2.75, 3.05) is 83.6 Å². The van der Waals surface area contributed by atoms with Gasteiger partial charge in [-0.25, -0.2) is 37.9 Å². The number of likely N-dealkylation sites (N-methyl/N-ethyl adjacent to an activating group) is 1. The van der Waals surface area contributed by atoms with Gasteiger partial charge in [0.1, 0.15) is 78.0 Å². The van der Waals surface area contributed by atoms with E-state index in [1.54, 1.807) is 12.1 Å². The number of hydrogen-bond donors (Lipinski definition) is 9. The first-order chi connectivity index (χ1) is 47.4. The first kappa shape index (κ1) is 79.7. The van der Waals surface area contributed by atoms with Crippen LogP contribution in [0.2, 0.25) is 0 Å². The van der Waals surface area contributed by atoms with E-state index in [0.717, 1.165) is 68.1 Å². The number of para-hydroxylation sites is 1. The molecule has 3 aliphatic rings. The van der Waals surface area contributed by atoms with Gasteiger partial charge in [-0.1, -0.05) is 61.6 Å². The summed E-state index contributed by atoms with van der Waals surface area (Å²) in [4.78, 5) is 74.0. The highest BCUT2D eigenvalue weighted by Gasteiger charge is 2.49. The van der Waals surface area contributed by atoms with Gasteiger partial charge in [0.05, 0.1) is 123 Å². The number of amides is 2. The average molecular weight is 1470 g/mol. The number of phosphoric ester groups is 1. The second-order valence-corrected chi connectivity index (χ2v) is 30.1. The zero-order chi connectivity index (χ0) is 72.9. The minimum atomic E-state index is -5.81. The van der Waals surface area contributed by atoms with E-state index in [-0.39, 0.29) is 103 Å². The maximum atomic E-state index is 12.7. The van der Waals surface area contributed by atoms with Gasteiger partial charge in [0, 0.05) is 37.6 Å². The molecule has 3 aromatic heterocycles. The number of alkyl carbamates (subject to hydrolysis) is 1. The summed E-state index contributed by atoms with van der Waals surface area (Å²) >= 11 is 0. The molecule has 0 spiro atoms. The van der Waals surface area contributed by atoms with E-state index in [4.69, 9.17) is 53.7 Å². The molecule has 1 aromatic carbocycles. The van der Waals surface area contributed by atoms with Crippen LogP contribution in [0.4, 0.5) is 22.1 Å². The number of aryl methyl sites for hydroxylation is 1. The first-order valence-electron chi connectivity index (χ1n) is 32.0. The van der Waals surface area contributed by atoms with Crippen LogP contribution in [-0.4, -0.2) is 150 Å². The van der Waals surface area contributed by atoms with Crippen LogP contribution in [0, 0.1) is 34.5 Å². The number of nitriles is 2. The van der Waals surface area contributed by atoms with E-state index in [1.807, 2.05) is 29.8 Å². The number of quaternary nitrogens is 1. The lowest BCUT2D eigenvalue weighted by molar-refractivity contribution is -0.850. The summed E-state index contributed by atoms with van der Waals surface area (Å²) in [5.74, 6) is 6.53. The molecule has 1 fully saturated rings. The van der Waals surface area contributed by atoms with E-state index < -0.39 is 70.1 Å². The zero-order valence-electron chi connectivity index (χ0n) is 56.2. The third kappa shape index (κ3) is 22.4. The van der Waals surface area contributed by atoms with Gasteiger partial charge in [-0.3, -0.25) is 18.8 Å². The SMILES string of the molecule is CCCC[n+]1cc(S(=O)(=O)O)cc2c1N(C)/C(=C/C=C/C=C/C1[NH+](CCCCCC(=O)NCCOCCOCC/C(C#N)=C/OCCOC(=O)NCC#Cc3cn([C@H]4C[C@@H](O/C=C/C#N)[C@@H](COP(=O)(O)OP(=O)(O)OP(=O)(O)O)O4)c4ncnc(N)c34)c3ccccc3C1(C)C)C2(C)C. The Bertz CT molecular complexity index is 4130. The third-order valence-electron chi connectivity index (χ3n) is 16.5. The van der Waals surface area contributed by atoms with Crippen molar-refractivity contribution in [1.82, 2.24) is 25.2 Å². The zero-order valence-corrected chi connectivity index (χ0v) is 59.7. The number of phosphoric acid groups is 3. The van der Waals surface area contributed by atoms with Crippen LogP contribution < -0.4 is 30.7 Å². The molecule has 100 heavy (non-hydrogen) atoms. The molecule has 36 heteroatoms. The summed E-state index contributed by atoms with van der Waals surface area (Å²) in [7, 11) is -19.4. The highest BCUT2D eigenvalue weighted by Crippen LogP contribution is 2.66. The van der Waals surface area contributed by atoms with E-state index in [1.165, 1.54) is 45.7 Å². The molecule has 0 bridgehead atoms. The largest absolute Gasteiger partial charge is 0.497 e. The second-order valence-electron chi connectivity index (χ2n) is 24.3. The molecule has 3 aliphatic heterocycles. The van der Waals surface area contributed by atoms with Crippen molar-refractivity contribution < 1.29 is 107 Å². The fraction of sp³-hybridized carbons (Fsp3) is 0.484. The lowest BCUT2D eigenvalue weighted by Crippen LogP contribution is -3.10. The van der Waals surface area contributed by atoms with Gasteiger partial charge in [0.25, 0.3) is 15.9 Å². The Labute approximate surface area is 580 Å². The lowest BCUT2D eigenvalue weighted by Gasteiger charge is -2.27. The number of anilines is 2. The predicted octanol–water partition coefficient (Wildman–Crippen LogP) is 6.30. The van der Waals surface area contributed by atoms with Crippen LogP contribution in [0.15, 0.2) is 114 Å². The number of allylic oxidation sites excluding steroid dienone is 6. The quantitative estimate of drug-likeness (QED) is 0.00349. The summed E-state index contributed by atoms with van der Waals surface area (Å²) in [6.45, 7) is 12.4. The molecule has 2 amide bonds. The molecule has 7 atom stereocenters. The Balaban J connectivity index is 0.753. The molecule has 0 aliphatic carbocycles. The maximum absolute atomic E-state index is 12.7. The maximum Gasteiger partial charge on any atom is 0.490 e. The predicted molar refractivity (Wildman–Crippen MR) is 361 cm³/mol. The number of hydrogen-bond acceptors (Lipinski definition) is 22. The van der Waals surface area contributed by atoms with Gasteiger partial charge in [-0.05, 0) is 77.7 Å². The second kappa shape index (κ2) is 36.3. The molecule has 7 rings (SSSR count). The van der Waals surface area contributed by atoms with Crippen molar-refractivity contribution >= 4 is 73.9 Å². The smallest absolute Gasteiger partial charge is 0.490 e. The van der Waals surface area contributed by atoms with Crippen LogP contribution >= 0.6 is 23.5 Å². The first-order valence-corrected chi connectivity index (χ1v) is 37.9. The van der Waals surface area contributed by atoms with Crippen molar-refractivity contribution in [1.29, 1.82) is 10.5 Å². The minimum Gasteiger partial charge on any atom is -0.497 e. The van der Waals surface area contributed by atoms with Crippen LogP contribution in [0.5, 0.6) is 0 Å². The summed E-state index contributed by atoms with van der Waals surface area (Å²) in [6.07, 6.45) is 18.9. The van der Waals surface area contributed by atoms with Crippen LogP contribution in [-0.2, 0) is 87.5 Å². The topological polar surface area (TPSA) is 444 Å². The number of carbonyl (C=O) groups excluding carboxylic acids is 2. The van der Waals surface area contributed by atoms with Gasteiger partial charge in [-0.2, -0.15) is 27.6 Å². The molecule has 542 valence electrons. The molecule has 1 saturated heterocycles. The van der Waals surface area contributed by atoms with Gasteiger partial charge in [0.15, 0.2) is 0 Å². The number of fused-ring (bicyclic) bond motifs is 3. The highest BCUT2D eigenvalue weighted by atomic mass is 32.2. The minimum absolute atomic E-state index is 0.0225. The number of nitrogens with zero attached hydrogens (tertiary/aromatic N) is 7. The van der Waals surface area contributed by atoms with Crippen molar-refractivity contribution in [2.24, 2.45) is 0 Å². The van der Waals surface area contributed by atoms with Crippen molar-refractivity contribution in [2.45, 2.75) is 133 Å². The monoisotopic (exact) mass is 1470 g/mol. The van der Waals surface area contributed by atoms with E-state index >= 15 is 0 Å². The van der Waals surface area contributed by atoms with Crippen LogP contribution in [0.3, 0.4) is 0 Å². The molecule has 0 radical (unpaired) electrons. The van der Waals surface area contributed by atoms with Gasteiger partial charge >= 0.3 is 29.6 Å². The van der Waals surface area contributed by atoms with E-state index in [9.17, 15) is 51.3 Å². The van der Waals surface area contributed by atoms with Gasteiger partial charge in [0.2, 0.25) is 5.91 Å². The van der Waals surface area contributed by atoms with Crippen molar-refractivity contribution in [3.05, 3.63) is 126 Å². The third-order valence-corrected chi connectivity index (χ3v) is 21.1. The number of carbonyl (C=O) groups is 2. The van der Waals surface area contributed by atoms with Gasteiger partial charge in [-0.15, -0.1) is 0 Å². The fourth-order valence-corrected chi connectivity index (χ4v) is 15.4. The molecule has 6 heterocycles. The number of rotatable bonds is 37. The summed E-state index contributed by atoms with van der Waals surface area (Å²) in [6, 6.07) is 14.1. The number of aromatic nitrogens is 4. The molecule has 10 N–H and O–H groups in total. The fourth-order valence-electron chi connectivity index (χ4n) is 11.9. The van der Waals surface area contributed by atoms with E-state index in [2.05, 4.69) is 123 Å². The Morgan fingerprint density at radius 3 is 2.42 bits per heavy atom. The van der Waals surface area contributed by atoms with Crippen molar-refractivity contribution in [3.8, 4) is 24.0 Å². The summed E-state index contributed by atoms with van der Waals surface area (Å²) in [5, 5.41) is 24.2. The number of unbranched alkanes of at least 4 members (excludes halogenated alkanes) is 3. The van der Waals surface area contributed by atoms with Crippen LogP contribution in [0.25, 0.3) is 11.0 Å². The summed E-state index contributed by atoms with van der Waals surface area (Å²) in [5.41, 5.74) is 10.8. The highest BCUT2D eigenvalue weighted by molar-refractivity contribution is 7.85. The molecule has 4 aromatic rings. The number of nitrogens with one attached hydrogen (secondary N) is 3. The average Bonchev–Trinajstić information content (AvgIpc) is 1.64. The van der Waals surface area contributed by atoms with Gasteiger partial charge < -0.3 is 68.9 Å².